The van der Waals surface area contributed by atoms with E-state index in [-0.39, 0.29) is 12.1 Å². The van der Waals surface area contributed by atoms with Crippen molar-refractivity contribution in [2.45, 2.75) is 25.9 Å². The summed E-state index contributed by atoms with van der Waals surface area (Å²) in [4.78, 5) is 35.0. The van der Waals surface area contributed by atoms with Gasteiger partial charge in [0.2, 0.25) is 5.95 Å². The minimum Gasteiger partial charge on any atom is -0.377 e. The van der Waals surface area contributed by atoms with E-state index in [9.17, 15) is 4.79 Å². The Hall–Kier alpha value is -3.79. The van der Waals surface area contributed by atoms with Crippen LogP contribution in [0.3, 0.4) is 0 Å². The third-order valence-electron chi connectivity index (χ3n) is 6.15. The van der Waals surface area contributed by atoms with Gasteiger partial charge in [0.15, 0.2) is 5.82 Å². The molecule has 2 N–H and O–H groups in total. The monoisotopic (exact) mass is 460 g/mol. The fourth-order valence-electron chi connectivity index (χ4n) is 4.34. The van der Waals surface area contributed by atoms with Gasteiger partial charge >= 0.3 is 6.03 Å². The lowest BCUT2D eigenvalue weighted by Crippen LogP contribution is -2.45. The molecule has 0 aliphatic carbocycles. The number of ether oxygens (including phenoxy) is 1. The van der Waals surface area contributed by atoms with Crippen molar-refractivity contribution in [3.63, 3.8) is 0 Å². The van der Waals surface area contributed by atoms with Crippen molar-refractivity contribution in [2.75, 3.05) is 48.5 Å². The summed E-state index contributed by atoms with van der Waals surface area (Å²) in [5, 5.41) is 5.33. The van der Waals surface area contributed by atoms with Gasteiger partial charge in [-0.15, -0.1) is 0 Å². The molecule has 2 amide bonds. The number of rotatable bonds is 4. The van der Waals surface area contributed by atoms with Crippen LogP contribution in [0.15, 0.2) is 42.7 Å². The van der Waals surface area contributed by atoms with Crippen molar-refractivity contribution >= 4 is 23.5 Å². The van der Waals surface area contributed by atoms with Crippen LogP contribution in [-0.2, 0) is 17.7 Å². The van der Waals surface area contributed by atoms with Gasteiger partial charge in [-0.3, -0.25) is 0 Å². The van der Waals surface area contributed by atoms with Gasteiger partial charge in [-0.2, -0.15) is 0 Å². The number of aromatic nitrogens is 4. The molecule has 0 spiro atoms. The smallest absolute Gasteiger partial charge is 0.318 e. The molecule has 1 saturated heterocycles. The number of fused-ring (bicyclic) bond motifs is 1. The van der Waals surface area contributed by atoms with Gasteiger partial charge in [0, 0.05) is 49.3 Å². The van der Waals surface area contributed by atoms with Crippen LogP contribution in [0, 0.1) is 0 Å². The quantitative estimate of drug-likeness (QED) is 0.611. The third kappa shape index (κ3) is 4.49. The fourth-order valence-corrected chi connectivity index (χ4v) is 4.34. The normalized spacial score (nSPS) is 17.8. The van der Waals surface area contributed by atoms with E-state index >= 15 is 0 Å². The van der Waals surface area contributed by atoms with Gasteiger partial charge in [-0.05, 0) is 43.7 Å². The molecule has 5 rings (SSSR count). The summed E-state index contributed by atoms with van der Waals surface area (Å²) in [5.74, 6) is 2.35. The SMILES string of the molecule is CNC(=O)Nc1ccc(-c2nc3c(c(N4CCOC[C@@H]4C)n2)CCN(c2ncccn2)C3)cc1. The lowest BCUT2D eigenvalue weighted by molar-refractivity contribution is 0.0984. The topological polar surface area (TPSA) is 108 Å². The molecule has 2 aliphatic heterocycles. The molecule has 0 radical (unpaired) electrons. The van der Waals surface area contributed by atoms with Crippen molar-refractivity contribution in [1.82, 2.24) is 25.3 Å². The average molecular weight is 461 g/mol. The van der Waals surface area contributed by atoms with Gasteiger partial charge in [0.05, 0.1) is 31.5 Å². The zero-order valence-electron chi connectivity index (χ0n) is 19.4. The molecule has 10 heteroatoms. The van der Waals surface area contributed by atoms with Crippen molar-refractivity contribution in [1.29, 1.82) is 0 Å². The van der Waals surface area contributed by atoms with Crippen molar-refractivity contribution < 1.29 is 9.53 Å². The number of amides is 2. The molecule has 1 aromatic carbocycles. The molecule has 34 heavy (non-hydrogen) atoms. The van der Waals surface area contributed by atoms with Crippen LogP contribution in [0.2, 0.25) is 0 Å². The van der Waals surface area contributed by atoms with Crippen molar-refractivity contribution in [3.05, 3.63) is 54.0 Å². The Morgan fingerprint density at radius 2 is 1.91 bits per heavy atom. The molecular weight excluding hydrogens is 432 g/mol. The van der Waals surface area contributed by atoms with E-state index < -0.39 is 0 Å². The number of nitrogens with zero attached hydrogens (tertiary/aromatic N) is 6. The largest absolute Gasteiger partial charge is 0.377 e. The molecule has 176 valence electrons. The number of hydrogen-bond donors (Lipinski definition) is 2. The predicted octanol–water partition coefficient (Wildman–Crippen LogP) is 2.47. The van der Waals surface area contributed by atoms with Crippen LogP contribution < -0.4 is 20.4 Å². The molecule has 2 aliphatic rings. The van der Waals surface area contributed by atoms with E-state index in [1.165, 1.54) is 5.56 Å². The maximum Gasteiger partial charge on any atom is 0.318 e. The minimum atomic E-state index is -0.260. The number of carbonyl (C=O) groups is 1. The molecule has 0 saturated carbocycles. The highest BCUT2D eigenvalue weighted by atomic mass is 16.5. The first-order valence-corrected chi connectivity index (χ1v) is 11.5. The standard InChI is InChI=1S/C24H28N8O2/c1-16-15-34-13-12-32(16)22-19-8-11-31(23-26-9-3-10-27-23)14-20(19)29-21(30-22)17-4-6-18(7-5-17)28-24(33)25-2/h3-7,9-10,16H,8,11-15H2,1-2H3,(H2,25,28,33)/t16-/m0/s1. The third-order valence-corrected chi connectivity index (χ3v) is 6.15. The Morgan fingerprint density at radius 3 is 2.65 bits per heavy atom. The molecule has 3 aromatic rings. The zero-order chi connectivity index (χ0) is 23.5. The molecular formula is C24H28N8O2. The first-order valence-electron chi connectivity index (χ1n) is 11.5. The summed E-state index contributed by atoms with van der Waals surface area (Å²) >= 11 is 0. The highest BCUT2D eigenvalue weighted by Gasteiger charge is 2.29. The number of benzene rings is 1. The summed E-state index contributed by atoms with van der Waals surface area (Å²) < 4.78 is 5.67. The maximum atomic E-state index is 11.6. The second-order valence-corrected chi connectivity index (χ2v) is 8.42. The van der Waals surface area contributed by atoms with E-state index in [4.69, 9.17) is 14.7 Å². The number of anilines is 3. The van der Waals surface area contributed by atoms with Gasteiger partial charge in [0.1, 0.15) is 5.82 Å². The van der Waals surface area contributed by atoms with E-state index in [1.54, 1.807) is 19.4 Å². The minimum absolute atomic E-state index is 0.232. The number of urea groups is 1. The molecule has 2 aromatic heterocycles. The van der Waals surface area contributed by atoms with Crippen LogP contribution in [0.4, 0.5) is 22.2 Å². The Balaban J connectivity index is 1.52. The van der Waals surface area contributed by atoms with Crippen LogP contribution in [0.1, 0.15) is 18.2 Å². The highest BCUT2D eigenvalue weighted by Crippen LogP contribution is 2.32. The second kappa shape index (κ2) is 9.60. The lowest BCUT2D eigenvalue weighted by atomic mass is 10.0. The molecule has 0 unspecified atom stereocenters. The number of nitrogens with one attached hydrogen (secondary N) is 2. The Kier molecular flexibility index (Phi) is 6.22. The molecule has 10 nitrogen and oxygen atoms in total. The second-order valence-electron chi connectivity index (χ2n) is 8.42. The Labute approximate surface area is 198 Å². The van der Waals surface area contributed by atoms with Crippen LogP contribution in [0.5, 0.6) is 0 Å². The van der Waals surface area contributed by atoms with Crippen LogP contribution in [0.25, 0.3) is 11.4 Å². The van der Waals surface area contributed by atoms with Gasteiger partial charge in [0.25, 0.3) is 0 Å². The summed E-state index contributed by atoms with van der Waals surface area (Å²) in [5.41, 5.74) is 3.77. The van der Waals surface area contributed by atoms with E-state index in [1.807, 2.05) is 30.3 Å². The van der Waals surface area contributed by atoms with Gasteiger partial charge < -0.3 is 25.2 Å². The zero-order valence-corrected chi connectivity index (χ0v) is 19.4. The molecule has 1 fully saturated rings. The molecule has 1 atom stereocenters. The van der Waals surface area contributed by atoms with Crippen molar-refractivity contribution in [2.24, 2.45) is 0 Å². The predicted molar refractivity (Wildman–Crippen MR) is 130 cm³/mol. The van der Waals surface area contributed by atoms with E-state index in [0.29, 0.717) is 37.2 Å². The first-order chi connectivity index (χ1) is 16.6. The maximum absolute atomic E-state index is 11.6. The van der Waals surface area contributed by atoms with Crippen LogP contribution >= 0.6 is 0 Å². The lowest BCUT2D eigenvalue weighted by Gasteiger charge is -2.37. The summed E-state index contributed by atoms with van der Waals surface area (Å²) in [7, 11) is 1.59. The summed E-state index contributed by atoms with van der Waals surface area (Å²) in [6, 6.07) is 9.37. The average Bonchev–Trinajstić information content (AvgIpc) is 2.89. The highest BCUT2D eigenvalue weighted by molar-refractivity contribution is 5.89. The summed E-state index contributed by atoms with van der Waals surface area (Å²) in [6.45, 7) is 5.76. The Morgan fingerprint density at radius 1 is 1.12 bits per heavy atom. The van der Waals surface area contributed by atoms with Gasteiger partial charge in [-0.25, -0.2) is 24.7 Å². The van der Waals surface area contributed by atoms with Crippen molar-refractivity contribution in [3.8, 4) is 11.4 Å². The number of morpholine rings is 1. The van der Waals surface area contributed by atoms with Gasteiger partial charge in [-0.1, -0.05) is 0 Å². The number of hydrogen-bond acceptors (Lipinski definition) is 8. The summed E-state index contributed by atoms with van der Waals surface area (Å²) in [6.07, 6.45) is 4.35. The first kappa shape index (κ1) is 22.0. The van der Waals surface area contributed by atoms with E-state index in [0.717, 1.165) is 36.6 Å². The molecule has 0 bridgehead atoms. The van der Waals surface area contributed by atoms with E-state index in [2.05, 4.69) is 37.3 Å². The fraction of sp³-hybridized carbons (Fsp3) is 0.375. The van der Waals surface area contributed by atoms with Crippen LogP contribution in [-0.4, -0.2) is 65.4 Å². The number of carbonyl (C=O) groups excluding carboxylic acids is 1. The molecule has 4 heterocycles. The Bertz CT molecular complexity index is 1160.